The van der Waals surface area contributed by atoms with Crippen molar-refractivity contribution in [2.24, 2.45) is 0 Å². The first kappa shape index (κ1) is 25.7. The Balaban J connectivity index is 1.89. The number of ketones is 1. The Morgan fingerprint density at radius 1 is 0.973 bits per heavy atom. The van der Waals surface area contributed by atoms with E-state index in [4.69, 9.17) is 9.47 Å². The molecule has 1 saturated heterocycles. The molecule has 7 heteroatoms. The number of aliphatic hydroxyl groups is 1. The summed E-state index contributed by atoms with van der Waals surface area (Å²) in [5.74, 6) is -1.76. The van der Waals surface area contributed by atoms with Gasteiger partial charge in [-0.1, -0.05) is 42.8 Å². The first-order valence-corrected chi connectivity index (χ1v) is 12.1. The first-order chi connectivity index (χ1) is 17.8. The van der Waals surface area contributed by atoms with Gasteiger partial charge in [0.05, 0.1) is 30.9 Å². The van der Waals surface area contributed by atoms with Crippen molar-refractivity contribution in [2.75, 3.05) is 18.6 Å². The van der Waals surface area contributed by atoms with Crippen molar-refractivity contribution in [2.45, 2.75) is 33.2 Å². The number of esters is 1. The van der Waals surface area contributed by atoms with E-state index in [1.54, 1.807) is 43.5 Å². The molecule has 1 unspecified atom stereocenters. The lowest BCUT2D eigenvalue weighted by atomic mass is 9.93. The van der Waals surface area contributed by atoms with E-state index in [0.29, 0.717) is 29.0 Å². The highest BCUT2D eigenvalue weighted by molar-refractivity contribution is 6.51. The minimum Gasteiger partial charge on any atom is -0.507 e. The number of benzene rings is 3. The van der Waals surface area contributed by atoms with Crippen LogP contribution in [0.25, 0.3) is 5.76 Å². The molecule has 4 rings (SSSR count). The van der Waals surface area contributed by atoms with Gasteiger partial charge >= 0.3 is 5.97 Å². The largest absolute Gasteiger partial charge is 0.507 e. The summed E-state index contributed by atoms with van der Waals surface area (Å²) in [5.41, 5.74) is 3.34. The smallest absolute Gasteiger partial charge is 0.338 e. The van der Waals surface area contributed by atoms with Crippen molar-refractivity contribution >= 4 is 29.1 Å². The number of nitrogens with zero attached hydrogens (tertiary/aromatic N) is 1. The number of aryl methyl sites for hydroxylation is 2. The Morgan fingerprint density at radius 3 is 2.41 bits per heavy atom. The summed E-state index contributed by atoms with van der Waals surface area (Å²) in [6.07, 6.45) is 0.679. The molecule has 0 aromatic heterocycles. The van der Waals surface area contributed by atoms with Crippen molar-refractivity contribution in [3.8, 4) is 5.75 Å². The number of Topliss-reactive ketones (excluding diaryl/α,β-unsaturated/α-hetero) is 1. The number of ether oxygens (including phenoxy) is 2. The zero-order chi connectivity index (χ0) is 26.7. The fraction of sp³-hybridized carbons (Fsp3) is 0.233. The molecule has 0 bridgehead atoms. The zero-order valence-electron chi connectivity index (χ0n) is 21.3. The average molecular weight is 500 g/mol. The third-order valence-electron chi connectivity index (χ3n) is 6.27. The summed E-state index contributed by atoms with van der Waals surface area (Å²) >= 11 is 0. The second-order valence-corrected chi connectivity index (χ2v) is 8.95. The molecule has 1 amide bonds. The van der Waals surface area contributed by atoms with E-state index in [1.807, 2.05) is 45.0 Å². The molecule has 3 aromatic rings. The lowest BCUT2D eigenvalue weighted by Crippen LogP contribution is -2.29. The topological polar surface area (TPSA) is 93.1 Å². The molecule has 1 atom stereocenters. The Kier molecular flexibility index (Phi) is 7.43. The van der Waals surface area contributed by atoms with Crippen LogP contribution in [-0.2, 0) is 14.3 Å². The van der Waals surface area contributed by atoms with Crippen molar-refractivity contribution in [3.63, 3.8) is 0 Å². The average Bonchev–Trinajstić information content (AvgIpc) is 3.17. The van der Waals surface area contributed by atoms with Gasteiger partial charge in [0.25, 0.3) is 11.7 Å². The quantitative estimate of drug-likeness (QED) is 0.200. The summed E-state index contributed by atoms with van der Waals surface area (Å²) in [6.45, 7) is 5.91. The Bertz CT molecular complexity index is 1410. The van der Waals surface area contributed by atoms with E-state index in [0.717, 1.165) is 11.1 Å². The van der Waals surface area contributed by atoms with E-state index in [-0.39, 0.29) is 23.5 Å². The predicted molar refractivity (Wildman–Crippen MR) is 141 cm³/mol. The fourth-order valence-electron chi connectivity index (χ4n) is 4.50. The maximum Gasteiger partial charge on any atom is 0.338 e. The first-order valence-electron chi connectivity index (χ1n) is 12.1. The van der Waals surface area contributed by atoms with E-state index in [9.17, 15) is 19.5 Å². The number of amides is 1. The molecule has 190 valence electrons. The number of carbonyl (C=O) groups excluding carboxylic acids is 3. The van der Waals surface area contributed by atoms with E-state index in [1.165, 1.54) is 11.0 Å². The summed E-state index contributed by atoms with van der Waals surface area (Å²) in [4.78, 5) is 40.7. The number of hydrogen-bond donors (Lipinski definition) is 1. The van der Waals surface area contributed by atoms with Gasteiger partial charge in [0.1, 0.15) is 11.5 Å². The maximum absolute atomic E-state index is 13.4. The molecule has 1 aliphatic rings. The number of aliphatic hydroxyl groups excluding tert-OH is 1. The van der Waals surface area contributed by atoms with E-state index >= 15 is 0 Å². The number of methoxy groups -OCH3 is 1. The zero-order valence-corrected chi connectivity index (χ0v) is 21.3. The summed E-state index contributed by atoms with van der Waals surface area (Å²) < 4.78 is 10.6. The van der Waals surface area contributed by atoms with E-state index < -0.39 is 23.7 Å². The second kappa shape index (κ2) is 10.7. The van der Waals surface area contributed by atoms with Crippen molar-refractivity contribution in [1.82, 2.24) is 0 Å². The normalized spacial score (nSPS) is 16.6. The van der Waals surface area contributed by atoms with Gasteiger partial charge in [0.15, 0.2) is 0 Å². The minimum atomic E-state index is -0.899. The van der Waals surface area contributed by atoms with Crippen LogP contribution < -0.4 is 9.64 Å². The molecular formula is C30H29NO6. The van der Waals surface area contributed by atoms with Gasteiger partial charge in [-0.15, -0.1) is 0 Å². The van der Waals surface area contributed by atoms with Gasteiger partial charge in [-0.2, -0.15) is 0 Å². The number of hydrogen-bond acceptors (Lipinski definition) is 6. The van der Waals surface area contributed by atoms with Crippen LogP contribution in [0, 0.1) is 13.8 Å². The molecule has 1 fully saturated rings. The standard InChI is InChI=1S/C30H29NO6/c1-5-14-37-30(35)22-10-7-11-23(17-22)31-26(20-9-6-8-18(2)15-20)25(28(33)29(31)34)27(32)21-12-13-24(36-4)19(3)16-21/h6-13,15-17,26,32H,5,14H2,1-4H3/b27-25+. The van der Waals surface area contributed by atoms with Crippen LogP contribution in [0.15, 0.2) is 72.3 Å². The number of anilines is 1. The molecule has 0 aliphatic carbocycles. The number of carbonyl (C=O) groups is 3. The van der Waals surface area contributed by atoms with Crippen molar-refractivity contribution in [3.05, 3.63) is 100 Å². The van der Waals surface area contributed by atoms with E-state index in [2.05, 4.69) is 0 Å². The van der Waals surface area contributed by atoms with Gasteiger partial charge in [-0.3, -0.25) is 14.5 Å². The van der Waals surface area contributed by atoms with Crippen LogP contribution in [0.5, 0.6) is 5.75 Å². The SMILES string of the molecule is CCCOC(=O)c1cccc(N2C(=O)C(=O)/C(=C(/O)c3ccc(OC)c(C)c3)C2c2cccc(C)c2)c1. The van der Waals surface area contributed by atoms with Crippen LogP contribution in [0.3, 0.4) is 0 Å². The van der Waals surface area contributed by atoms with Crippen LogP contribution in [0.4, 0.5) is 5.69 Å². The number of rotatable bonds is 7. The molecule has 3 aromatic carbocycles. The van der Waals surface area contributed by atoms with Crippen LogP contribution in [0.1, 0.15) is 52.0 Å². The second-order valence-electron chi connectivity index (χ2n) is 8.95. The molecule has 37 heavy (non-hydrogen) atoms. The van der Waals surface area contributed by atoms with Gasteiger partial charge < -0.3 is 14.6 Å². The molecule has 1 aliphatic heterocycles. The Hall–Kier alpha value is -4.39. The third kappa shape index (κ3) is 4.98. The van der Waals surface area contributed by atoms with Gasteiger partial charge in [-0.25, -0.2) is 4.79 Å². The van der Waals surface area contributed by atoms with Crippen LogP contribution in [0.2, 0.25) is 0 Å². The predicted octanol–water partition coefficient (Wildman–Crippen LogP) is 5.51. The molecule has 0 spiro atoms. The Morgan fingerprint density at radius 2 is 1.73 bits per heavy atom. The minimum absolute atomic E-state index is 0.0286. The lowest BCUT2D eigenvalue weighted by molar-refractivity contribution is -0.132. The molecule has 7 nitrogen and oxygen atoms in total. The molecule has 0 saturated carbocycles. The molecule has 1 N–H and O–H groups in total. The summed E-state index contributed by atoms with van der Waals surface area (Å²) in [6, 6.07) is 18.0. The molecular weight excluding hydrogens is 470 g/mol. The van der Waals surface area contributed by atoms with Crippen LogP contribution in [-0.4, -0.2) is 36.5 Å². The van der Waals surface area contributed by atoms with Crippen molar-refractivity contribution in [1.29, 1.82) is 0 Å². The van der Waals surface area contributed by atoms with Gasteiger partial charge in [-0.05, 0) is 67.8 Å². The Labute approximate surface area is 215 Å². The van der Waals surface area contributed by atoms with Gasteiger partial charge in [0, 0.05) is 11.3 Å². The maximum atomic E-state index is 13.4. The van der Waals surface area contributed by atoms with Crippen molar-refractivity contribution < 1.29 is 29.0 Å². The highest BCUT2D eigenvalue weighted by atomic mass is 16.5. The molecule has 1 heterocycles. The highest BCUT2D eigenvalue weighted by Gasteiger charge is 2.47. The highest BCUT2D eigenvalue weighted by Crippen LogP contribution is 2.42. The summed E-state index contributed by atoms with van der Waals surface area (Å²) in [5, 5.41) is 11.4. The lowest BCUT2D eigenvalue weighted by Gasteiger charge is -2.26. The summed E-state index contributed by atoms with van der Waals surface area (Å²) in [7, 11) is 1.55. The fourth-order valence-corrected chi connectivity index (χ4v) is 4.50. The monoisotopic (exact) mass is 499 g/mol. The van der Waals surface area contributed by atoms with Gasteiger partial charge in [0.2, 0.25) is 0 Å². The van der Waals surface area contributed by atoms with Crippen LogP contribution >= 0.6 is 0 Å². The third-order valence-corrected chi connectivity index (χ3v) is 6.27. The molecule has 0 radical (unpaired) electrons.